The molecule has 2 rings (SSSR count). The lowest BCUT2D eigenvalue weighted by molar-refractivity contribution is 0.0126. The predicted octanol–water partition coefficient (Wildman–Crippen LogP) is 0.678. The summed E-state index contributed by atoms with van der Waals surface area (Å²) in [7, 11) is 0. The summed E-state index contributed by atoms with van der Waals surface area (Å²) in [6.07, 6.45) is 0. The molecule has 0 bridgehead atoms. The Morgan fingerprint density at radius 3 is 2.82 bits per heavy atom. The van der Waals surface area contributed by atoms with Crippen LogP contribution in [0.3, 0.4) is 0 Å². The lowest BCUT2D eigenvalue weighted by atomic mass is 10.1. The molecule has 0 aliphatic carbocycles. The van der Waals surface area contributed by atoms with Gasteiger partial charge in [-0.3, -0.25) is 10.2 Å². The third kappa shape index (κ3) is 2.75. The normalized spacial score (nSPS) is 16.8. The summed E-state index contributed by atoms with van der Waals surface area (Å²) in [5.41, 5.74) is 3.90. The number of amides is 1. The van der Waals surface area contributed by atoms with Gasteiger partial charge in [-0.2, -0.15) is 0 Å². The zero-order valence-electron chi connectivity index (χ0n) is 9.77. The van der Waals surface area contributed by atoms with Crippen LogP contribution in [0.15, 0.2) is 18.2 Å². The molecule has 5 nitrogen and oxygen atoms in total. The zero-order chi connectivity index (χ0) is 12.3. The van der Waals surface area contributed by atoms with Gasteiger partial charge in [-0.1, -0.05) is 6.07 Å². The molecule has 0 atom stereocenters. The molecule has 0 unspecified atom stereocenters. The van der Waals surface area contributed by atoms with Gasteiger partial charge >= 0.3 is 0 Å². The Kier molecular flexibility index (Phi) is 3.61. The number of ether oxygens (including phenoxy) is 1. The SMILES string of the molecule is Cc1c(O)cccc1C(=O)NN1CCOCC1. The van der Waals surface area contributed by atoms with Crippen LogP contribution in [0, 0.1) is 6.92 Å². The highest BCUT2D eigenvalue weighted by Crippen LogP contribution is 2.19. The first-order valence-electron chi connectivity index (χ1n) is 5.61. The zero-order valence-corrected chi connectivity index (χ0v) is 9.77. The summed E-state index contributed by atoms with van der Waals surface area (Å²) < 4.78 is 5.20. The van der Waals surface area contributed by atoms with Crippen molar-refractivity contribution in [1.29, 1.82) is 0 Å². The molecule has 2 N–H and O–H groups in total. The van der Waals surface area contributed by atoms with Crippen molar-refractivity contribution in [2.24, 2.45) is 0 Å². The average Bonchev–Trinajstić information content (AvgIpc) is 2.34. The molecule has 17 heavy (non-hydrogen) atoms. The Morgan fingerprint density at radius 2 is 2.12 bits per heavy atom. The molecule has 1 aliphatic heterocycles. The molecule has 1 amide bonds. The highest BCUT2D eigenvalue weighted by atomic mass is 16.5. The molecule has 1 saturated heterocycles. The summed E-state index contributed by atoms with van der Waals surface area (Å²) >= 11 is 0. The van der Waals surface area contributed by atoms with Crippen LogP contribution in [0.4, 0.5) is 0 Å². The van der Waals surface area contributed by atoms with E-state index in [2.05, 4.69) is 5.43 Å². The quantitative estimate of drug-likeness (QED) is 0.792. The number of nitrogens with one attached hydrogen (secondary N) is 1. The molecule has 92 valence electrons. The van der Waals surface area contributed by atoms with Gasteiger partial charge < -0.3 is 9.84 Å². The number of aromatic hydroxyl groups is 1. The number of benzene rings is 1. The fourth-order valence-corrected chi connectivity index (χ4v) is 1.75. The first kappa shape index (κ1) is 11.9. The van der Waals surface area contributed by atoms with E-state index in [1.165, 1.54) is 0 Å². The standard InChI is InChI=1S/C12H16N2O3/c1-9-10(3-2-4-11(9)15)12(16)13-14-5-7-17-8-6-14/h2-4,15H,5-8H2,1H3,(H,13,16). The Bertz CT molecular complexity index is 414. The van der Waals surface area contributed by atoms with Gasteiger partial charge in [-0.25, -0.2) is 5.01 Å². The fourth-order valence-electron chi connectivity index (χ4n) is 1.75. The molecule has 1 aromatic carbocycles. The number of phenolic OH excluding ortho intramolecular Hbond substituents is 1. The maximum atomic E-state index is 12.0. The third-order valence-corrected chi connectivity index (χ3v) is 2.82. The van der Waals surface area contributed by atoms with Crippen molar-refractivity contribution in [3.63, 3.8) is 0 Å². The molecule has 5 heteroatoms. The number of hydrogen-bond donors (Lipinski definition) is 2. The van der Waals surface area contributed by atoms with Gasteiger partial charge in [0, 0.05) is 24.2 Å². The van der Waals surface area contributed by atoms with Crippen molar-refractivity contribution in [2.45, 2.75) is 6.92 Å². The monoisotopic (exact) mass is 236 g/mol. The fraction of sp³-hybridized carbons (Fsp3) is 0.417. The number of phenols is 1. The van der Waals surface area contributed by atoms with Gasteiger partial charge in [0.1, 0.15) is 5.75 Å². The number of carbonyl (C=O) groups excluding carboxylic acids is 1. The van der Waals surface area contributed by atoms with Crippen LogP contribution in [0.1, 0.15) is 15.9 Å². The maximum absolute atomic E-state index is 12.0. The van der Waals surface area contributed by atoms with Gasteiger partial charge in [0.15, 0.2) is 0 Å². The van der Waals surface area contributed by atoms with E-state index in [-0.39, 0.29) is 11.7 Å². The largest absolute Gasteiger partial charge is 0.508 e. The second kappa shape index (κ2) is 5.16. The molecule has 0 radical (unpaired) electrons. The number of nitrogens with zero attached hydrogens (tertiary/aromatic N) is 1. The summed E-state index contributed by atoms with van der Waals surface area (Å²) in [6.45, 7) is 4.34. The van der Waals surface area contributed by atoms with Crippen molar-refractivity contribution in [2.75, 3.05) is 26.3 Å². The van der Waals surface area contributed by atoms with Gasteiger partial charge in [-0.05, 0) is 19.1 Å². The van der Waals surface area contributed by atoms with Crippen molar-refractivity contribution < 1.29 is 14.6 Å². The molecular formula is C12H16N2O3. The Morgan fingerprint density at radius 1 is 1.41 bits per heavy atom. The summed E-state index contributed by atoms with van der Waals surface area (Å²) in [5, 5.41) is 11.4. The van der Waals surface area contributed by atoms with Crippen molar-refractivity contribution >= 4 is 5.91 Å². The van der Waals surface area contributed by atoms with E-state index < -0.39 is 0 Å². The second-order valence-electron chi connectivity index (χ2n) is 3.99. The highest BCUT2D eigenvalue weighted by molar-refractivity contribution is 5.95. The van der Waals surface area contributed by atoms with Crippen molar-refractivity contribution in [1.82, 2.24) is 10.4 Å². The van der Waals surface area contributed by atoms with Crippen LogP contribution in [-0.2, 0) is 4.74 Å². The summed E-state index contributed by atoms with van der Waals surface area (Å²) in [4.78, 5) is 12.0. The average molecular weight is 236 g/mol. The molecule has 1 aliphatic rings. The summed E-state index contributed by atoms with van der Waals surface area (Å²) in [6, 6.07) is 4.93. The van der Waals surface area contributed by atoms with Crippen LogP contribution in [0.5, 0.6) is 5.75 Å². The van der Waals surface area contributed by atoms with E-state index in [1.54, 1.807) is 25.1 Å². The van der Waals surface area contributed by atoms with Crippen LogP contribution in [-0.4, -0.2) is 42.3 Å². The summed E-state index contributed by atoms with van der Waals surface area (Å²) in [5.74, 6) is -0.0556. The molecular weight excluding hydrogens is 220 g/mol. The third-order valence-electron chi connectivity index (χ3n) is 2.82. The van der Waals surface area contributed by atoms with Gasteiger partial charge in [0.25, 0.3) is 5.91 Å². The number of morpholine rings is 1. The Balaban J connectivity index is 2.06. The molecule has 1 heterocycles. The van der Waals surface area contributed by atoms with E-state index in [0.29, 0.717) is 37.4 Å². The van der Waals surface area contributed by atoms with Gasteiger partial charge in [0.05, 0.1) is 13.2 Å². The molecule has 1 fully saturated rings. The minimum atomic E-state index is -0.194. The van der Waals surface area contributed by atoms with Gasteiger partial charge in [-0.15, -0.1) is 0 Å². The molecule has 0 spiro atoms. The molecule has 1 aromatic rings. The smallest absolute Gasteiger partial charge is 0.265 e. The predicted molar refractivity (Wildman–Crippen MR) is 62.7 cm³/mol. The minimum absolute atomic E-state index is 0.139. The molecule has 0 saturated carbocycles. The minimum Gasteiger partial charge on any atom is -0.508 e. The molecule has 0 aromatic heterocycles. The number of hydrazine groups is 1. The Hall–Kier alpha value is -1.59. The number of rotatable bonds is 2. The highest BCUT2D eigenvalue weighted by Gasteiger charge is 2.16. The van der Waals surface area contributed by atoms with Gasteiger partial charge in [0.2, 0.25) is 0 Å². The van der Waals surface area contributed by atoms with Crippen LogP contribution < -0.4 is 5.43 Å². The van der Waals surface area contributed by atoms with E-state index in [0.717, 1.165) is 0 Å². The van der Waals surface area contributed by atoms with Crippen LogP contribution >= 0.6 is 0 Å². The number of hydrogen-bond acceptors (Lipinski definition) is 4. The lowest BCUT2D eigenvalue weighted by Crippen LogP contribution is -2.48. The maximum Gasteiger partial charge on any atom is 0.265 e. The van der Waals surface area contributed by atoms with Crippen molar-refractivity contribution in [3.8, 4) is 5.75 Å². The first-order chi connectivity index (χ1) is 8.18. The van der Waals surface area contributed by atoms with E-state index in [4.69, 9.17) is 4.74 Å². The van der Waals surface area contributed by atoms with E-state index in [1.807, 2.05) is 5.01 Å². The van der Waals surface area contributed by atoms with E-state index in [9.17, 15) is 9.90 Å². The van der Waals surface area contributed by atoms with Crippen molar-refractivity contribution in [3.05, 3.63) is 29.3 Å². The van der Waals surface area contributed by atoms with Crippen LogP contribution in [0.25, 0.3) is 0 Å². The van der Waals surface area contributed by atoms with Crippen LogP contribution in [0.2, 0.25) is 0 Å². The lowest BCUT2D eigenvalue weighted by Gasteiger charge is -2.27. The topological polar surface area (TPSA) is 61.8 Å². The first-order valence-corrected chi connectivity index (χ1v) is 5.61. The van der Waals surface area contributed by atoms with E-state index >= 15 is 0 Å². The Labute approximate surface area is 100.0 Å². The second-order valence-corrected chi connectivity index (χ2v) is 3.99. The number of carbonyl (C=O) groups is 1.